The van der Waals surface area contributed by atoms with Gasteiger partial charge in [0.25, 0.3) is 0 Å². The van der Waals surface area contributed by atoms with Crippen molar-refractivity contribution in [2.75, 3.05) is 0 Å². The molecule has 0 aromatic heterocycles. The fourth-order valence-corrected chi connectivity index (χ4v) is 1.38. The van der Waals surface area contributed by atoms with Gasteiger partial charge in [0.1, 0.15) is 5.82 Å². The lowest BCUT2D eigenvalue weighted by atomic mass is 10.0. The van der Waals surface area contributed by atoms with Gasteiger partial charge in [0, 0.05) is 6.42 Å². The van der Waals surface area contributed by atoms with E-state index in [0.717, 1.165) is 6.42 Å². The quantitative estimate of drug-likeness (QED) is 0.593. The van der Waals surface area contributed by atoms with Crippen LogP contribution in [0.2, 0.25) is 0 Å². The number of hydrogen-bond acceptors (Lipinski definition) is 1. The molecule has 1 aromatic rings. The van der Waals surface area contributed by atoms with Gasteiger partial charge >= 0.3 is 0 Å². The fraction of sp³-hybridized carbons (Fsp3) is 0.385. The van der Waals surface area contributed by atoms with Crippen LogP contribution in [0.5, 0.6) is 0 Å². The van der Waals surface area contributed by atoms with Gasteiger partial charge in [-0.15, -0.1) is 12.3 Å². The molecular formula is C13H15FO. The smallest absolute Gasteiger partial charge is 0.126 e. The minimum Gasteiger partial charge on any atom is -0.388 e. The van der Waals surface area contributed by atoms with Crippen LogP contribution in [0.4, 0.5) is 4.39 Å². The highest BCUT2D eigenvalue weighted by Crippen LogP contribution is 2.21. The first kappa shape index (κ1) is 11.7. The second-order valence-corrected chi connectivity index (χ2v) is 3.62. The summed E-state index contributed by atoms with van der Waals surface area (Å²) < 4.78 is 13.2. The van der Waals surface area contributed by atoms with Gasteiger partial charge in [-0.1, -0.05) is 12.1 Å². The number of unbranched alkanes of at least 4 members (excludes halogenated alkanes) is 1. The SMILES string of the molecule is C#CCCCC(O)c1ccc(C)c(F)c1. The Labute approximate surface area is 89.9 Å². The molecule has 0 amide bonds. The van der Waals surface area contributed by atoms with Crippen LogP contribution in [0.3, 0.4) is 0 Å². The topological polar surface area (TPSA) is 20.2 Å². The summed E-state index contributed by atoms with van der Waals surface area (Å²) in [5.74, 6) is 2.24. The lowest BCUT2D eigenvalue weighted by molar-refractivity contribution is 0.165. The summed E-state index contributed by atoms with van der Waals surface area (Å²) in [4.78, 5) is 0. The first-order chi connectivity index (χ1) is 7.15. The van der Waals surface area contributed by atoms with E-state index in [4.69, 9.17) is 6.42 Å². The predicted molar refractivity (Wildman–Crippen MR) is 58.8 cm³/mol. The summed E-state index contributed by atoms with van der Waals surface area (Å²) >= 11 is 0. The van der Waals surface area contributed by atoms with Crippen molar-refractivity contribution in [3.63, 3.8) is 0 Å². The largest absolute Gasteiger partial charge is 0.388 e. The number of aliphatic hydroxyl groups excluding tert-OH is 1. The molecule has 0 aliphatic carbocycles. The third-order valence-electron chi connectivity index (χ3n) is 2.38. The van der Waals surface area contributed by atoms with Crippen LogP contribution in [0.15, 0.2) is 18.2 Å². The van der Waals surface area contributed by atoms with Gasteiger partial charge in [0.15, 0.2) is 0 Å². The molecule has 0 aliphatic heterocycles. The Bertz CT molecular complexity index is 365. The van der Waals surface area contributed by atoms with Gasteiger partial charge in [-0.05, 0) is 37.0 Å². The van der Waals surface area contributed by atoms with E-state index >= 15 is 0 Å². The molecule has 1 unspecified atom stereocenters. The summed E-state index contributed by atoms with van der Waals surface area (Å²) in [6.45, 7) is 1.70. The van der Waals surface area contributed by atoms with Gasteiger partial charge in [-0.3, -0.25) is 0 Å². The molecule has 0 saturated heterocycles. The molecule has 1 atom stereocenters. The summed E-state index contributed by atoms with van der Waals surface area (Å²) in [5, 5.41) is 9.73. The van der Waals surface area contributed by atoms with Crippen molar-refractivity contribution in [3.8, 4) is 12.3 Å². The minimum atomic E-state index is -0.617. The Kier molecular flexibility index (Phi) is 4.33. The maximum atomic E-state index is 13.2. The molecule has 15 heavy (non-hydrogen) atoms. The van der Waals surface area contributed by atoms with Crippen LogP contribution in [-0.4, -0.2) is 5.11 Å². The zero-order valence-electron chi connectivity index (χ0n) is 8.83. The molecule has 0 fully saturated rings. The second kappa shape index (κ2) is 5.53. The van der Waals surface area contributed by atoms with Crippen LogP contribution in [0.25, 0.3) is 0 Å². The van der Waals surface area contributed by atoms with Crippen molar-refractivity contribution in [1.29, 1.82) is 0 Å². The standard InChI is InChI=1S/C13H15FO/c1-3-4-5-6-13(15)11-8-7-10(2)12(14)9-11/h1,7-9,13,15H,4-6H2,2H3. The van der Waals surface area contributed by atoms with Crippen LogP contribution in [0.1, 0.15) is 36.5 Å². The van der Waals surface area contributed by atoms with Crippen molar-refractivity contribution in [2.24, 2.45) is 0 Å². The lowest BCUT2D eigenvalue weighted by Gasteiger charge is -2.10. The van der Waals surface area contributed by atoms with E-state index < -0.39 is 6.10 Å². The zero-order valence-corrected chi connectivity index (χ0v) is 8.83. The molecule has 0 spiro atoms. The first-order valence-corrected chi connectivity index (χ1v) is 5.02. The van der Waals surface area contributed by atoms with Crippen LogP contribution in [0, 0.1) is 25.1 Å². The number of aliphatic hydroxyl groups is 1. The van der Waals surface area contributed by atoms with Crippen molar-refractivity contribution in [1.82, 2.24) is 0 Å². The summed E-state index contributed by atoms with van der Waals surface area (Å²) in [6, 6.07) is 4.81. The zero-order chi connectivity index (χ0) is 11.3. The summed E-state index contributed by atoms with van der Waals surface area (Å²) in [7, 11) is 0. The Hall–Kier alpha value is -1.33. The van der Waals surface area contributed by atoms with E-state index in [-0.39, 0.29) is 5.82 Å². The molecule has 0 aliphatic rings. The maximum absolute atomic E-state index is 13.2. The number of terminal acetylenes is 1. The van der Waals surface area contributed by atoms with Crippen LogP contribution < -0.4 is 0 Å². The molecule has 1 rings (SSSR count). The molecule has 1 N–H and O–H groups in total. The van der Waals surface area contributed by atoms with Gasteiger partial charge in [0.2, 0.25) is 0 Å². The maximum Gasteiger partial charge on any atom is 0.126 e. The third-order valence-corrected chi connectivity index (χ3v) is 2.38. The number of aryl methyl sites for hydroxylation is 1. The second-order valence-electron chi connectivity index (χ2n) is 3.62. The van der Waals surface area contributed by atoms with Crippen molar-refractivity contribution < 1.29 is 9.50 Å². The van der Waals surface area contributed by atoms with E-state index in [1.165, 1.54) is 6.07 Å². The Morgan fingerprint density at radius 3 is 2.87 bits per heavy atom. The molecule has 80 valence electrons. The lowest BCUT2D eigenvalue weighted by Crippen LogP contribution is -1.98. The molecule has 0 bridgehead atoms. The number of rotatable bonds is 4. The normalized spacial score (nSPS) is 12.1. The van der Waals surface area contributed by atoms with Gasteiger partial charge in [0.05, 0.1) is 6.10 Å². The van der Waals surface area contributed by atoms with E-state index in [0.29, 0.717) is 24.0 Å². The third kappa shape index (κ3) is 3.38. The van der Waals surface area contributed by atoms with Crippen molar-refractivity contribution in [2.45, 2.75) is 32.3 Å². The molecule has 0 radical (unpaired) electrons. The highest BCUT2D eigenvalue weighted by molar-refractivity contribution is 5.24. The first-order valence-electron chi connectivity index (χ1n) is 5.02. The molecular weight excluding hydrogens is 191 g/mol. The Morgan fingerprint density at radius 1 is 1.53 bits per heavy atom. The predicted octanol–water partition coefficient (Wildman–Crippen LogP) is 2.97. The van der Waals surface area contributed by atoms with Crippen LogP contribution in [-0.2, 0) is 0 Å². The molecule has 1 nitrogen and oxygen atoms in total. The molecule has 0 saturated carbocycles. The minimum absolute atomic E-state index is 0.275. The van der Waals surface area contributed by atoms with E-state index in [1.807, 2.05) is 0 Å². The molecule has 1 aromatic carbocycles. The van der Waals surface area contributed by atoms with Crippen molar-refractivity contribution in [3.05, 3.63) is 35.1 Å². The Morgan fingerprint density at radius 2 is 2.27 bits per heavy atom. The molecule has 0 heterocycles. The number of benzene rings is 1. The van der Waals surface area contributed by atoms with E-state index in [2.05, 4.69) is 5.92 Å². The fourth-order valence-electron chi connectivity index (χ4n) is 1.38. The van der Waals surface area contributed by atoms with E-state index in [1.54, 1.807) is 19.1 Å². The summed E-state index contributed by atoms with van der Waals surface area (Å²) in [5.41, 5.74) is 1.21. The average Bonchev–Trinajstić information content (AvgIpc) is 2.22. The van der Waals surface area contributed by atoms with Crippen molar-refractivity contribution >= 4 is 0 Å². The average molecular weight is 206 g/mol. The van der Waals surface area contributed by atoms with Gasteiger partial charge in [-0.25, -0.2) is 4.39 Å². The van der Waals surface area contributed by atoms with Crippen LogP contribution >= 0.6 is 0 Å². The van der Waals surface area contributed by atoms with E-state index in [9.17, 15) is 9.50 Å². The summed E-state index contributed by atoms with van der Waals surface area (Å²) in [6.07, 6.45) is 6.47. The monoisotopic (exact) mass is 206 g/mol. The molecule has 2 heteroatoms. The highest BCUT2D eigenvalue weighted by Gasteiger charge is 2.08. The highest BCUT2D eigenvalue weighted by atomic mass is 19.1. The number of halogens is 1. The van der Waals surface area contributed by atoms with Gasteiger partial charge < -0.3 is 5.11 Å². The number of hydrogen-bond donors (Lipinski definition) is 1. The van der Waals surface area contributed by atoms with Gasteiger partial charge in [-0.2, -0.15) is 0 Å². The Balaban J connectivity index is 2.62.